The van der Waals surface area contributed by atoms with E-state index in [0.717, 1.165) is 5.56 Å². The fourth-order valence-corrected chi connectivity index (χ4v) is 1.16. The number of ether oxygens (including phenoxy) is 1. The highest BCUT2D eigenvalue weighted by Crippen LogP contribution is 2.13. The molecule has 1 N–H and O–H groups in total. The van der Waals surface area contributed by atoms with Crippen molar-refractivity contribution < 1.29 is 9.53 Å². The highest BCUT2D eigenvalue weighted by molar-refractivity contribution is 5.85. The van der Waals surface area contributed by atoms with Crippen LogP contribution in [-0.4, -0.2) is 11.7 Å². The van der Waals surface area contributed by atoms with Gasteiger partial charge in [-0.3, -0.25) is 5.32 Å². The van der Waals surface area contributed by atoms with Crippen molar-refractivity contribution in [3.8, 4) is 0 Å². The molecule has 1 amide bonds. The number of rotatable bonds is 2. The molecule has 0 aliphatic carbocycles. The van der Waals surface area contributed by atoms with E-state index in [1.165, 1.54) is 0 Å². The third-order valence-electron chi connectivity index (χ3n) is 1.77. The SMILES string of the molecule is C=Cc1cccc(NC(=O)OC(C)(C)C)c1. The van der Waals surface area contributed by atoms with Gasteiger partial charge in [-0.15, -0.1) is 0 Å². The molecule has 0 heterocycles. The standard InChI is InChI=1S/C13H17NO2/c1-5-10-7-6-8-11(9-10)14-12(15)16-13(2,3)4/h5-9H,1H2,2-4H3,(H,14,15). The van der Waals surface area contributed by atoms with Gasteiger partial charge in [0.1, 0.15) is 5.60 Å². The number of amides is 1. The maximum atomic E-state index is 11.5. The maximum absolute atomic E-state index is 11.5. The molecule has 0 radical (unpaired) electrons. The highest BCUT2D eigenvalue weighted by Gasteiger charge is 2.15. The first-order valence-electron chi connectivity index (χ1n) is 5.13. The van der Waals surface area contributed by atoms with E-state index in [-0.39, 0.29) is 0 Å². The molecule has 0 saturated heterocycles. The van der Waals surface area contributed by atoms with Crippen LogP contribution in [0.15, 0.2) is 30.8 Å². The second-order valence-corrected chi connectivity index (χ2v) is 4.46. The average Bonchev–Trinajstić information content (AvgIpc) is 2.15. The number of anilines is 1. The molecule has 0 unspecified atom stereocenters. The molecule has 1 rings (SSSR count). The van der Waals surface area contributed by atoms with E-state index in [4.69, 9.17) is 4.74 Å². The minimum absolute atomic E-state index is 0.450. The molecule has 16 heavy (non-hydrogen) atoms. The smallest absolute Gasteiger partial charge is 0.412 e. The van der Waals surface area contributed by atoms with Crippen LogP contribution >= 0.6 is 0 Å². The summed E-state index contributed by atoms with van der Waals surface area (Å²) in [7, 11) is 0. The van der Waals surface area contributed by atoms with Gasteiger partial charge in [-0.25, -0.2) is 4.79 Å². The molecule has 3 nitrogen and oxygen atoms in total. The van der Waals surface area contributed by atoms with Crippen LogP contribution in [0.3, 0.4) is 0 Å². The first kappa shape index (κ1) is 12.3. The molecule has 0 spiro atoms. The predicted octanol–water partition coefficient (Wildman–Crippen LogP) is 3.68. The van der Waals surface area contributed by atoms with Crippen molar-refractivity contribution >= 4 is 17.9 Å². The summed E-state index contributed by atoms with van der Waals surface area (Å²) in [5.74, 6) is 0. The van der Waals surface area contributed by atoms with Crippen molar-refractivity contribution in [1.82, 2.24) is 0 Å². The van der Waals surface area contributed by atoms with Crippen LogP contribution in [0.2, 0.25) is 0 Å². The summed E-state index contributed by atoms with van der Waals surface area (Å²) in [6.45, 7) is 9.15. The number of nitrogens with one attached hydrogen (secondary N) is 1. The molecule has 1 aromatic carbocycles. The zero-order valence-electron chi connectivity index (χ0n) is 9.91. The second-order valence-electron chi connectivity index (χ2n) is 4.46. The Labute approximate surface area is 96.1 Å². The normalized spacial score (nSPS) is 10.7. The fraction of sp³-hybridized carbons (Fsp3) is 0.308. The van der Waals surface area contributed by atoms with Gasteiger partial charge < -0.3 is 4.74 Å². The summed E-state index contributed by atoms with van der Waals surface area (Å²) in [4.78, 5) is 11.5. The minimum Gasteiger partial charge on any atom is -0.444 e. The minimum atomic E-state index is -0.486. The summed E-state index contributed by atoms with van der Waals surface area (Å²) in [5.41, 5.74) is 1.17. The highest BCUT2D eigenvalue weighted by atomic mass is 16.6. The fourth-order valence-electron chi connectivity index (χ4n) is 1.16. The average molecular weight is 219 g/mol. The van der Waals surface area contributed by atoms with Gasteiger partial charge in [0.2, 0.25) is 0 Å². The van der Waals surface area contributed by atoms with Gasteiger partial charge in [0, 0.05) is 5.69 Å². The Balaban J connectivity index is 2.66. The lowest BCUT2D eigenvalue weighted by molar-refractivity contribution is 0.0636. The van der Waals surface area contributed by atoms with Crippen molar-refractivity contribution in [3.63, 3.8) is 0 Å². The van der Waals surface area contributed by atoms with Gasteiger partial charge in [0.15, 0.2) is 0 Å². The zero-order valence-corrected chi connectivity index (χ0v) is 9.91. The lowest BCUT2D eigenvalue weighted by Crippen LogP contribution is -2.27. The van der Waals surface area contributed by atoms with E-state index in [2.05, 4.69) is 11.9 Å². The molecule has 0 saturated carbocycles. The van der Waals surface area contributed by atoms with Gasteiger partial charge in [-0.1, -0.05) is 24.8 Å². The van der Waals surface area contributed by atoms with E-state index < -0.39 is 11.7 Å². The van der Waals surface area contributed by atoms with Crippen molar-refractivity contribution in [2.24, 2.45) is 0 Å². The molecule has 1 aromatic rings. The number of hydrogen-bond donors (Lipinski definition) is 1. The molecule has 0 fully saturated rings. The van der Waals surface area contributed by atoms with Crippen molar-refractivity contribution in [2.45, 2.75) is 26.4 Å². The predicted molar refractivity (Wildman–Crippen MR) is 66.4 cm³/mol. The summed E-state index contributed by atoms with van der Waals surface area (Å²) in [6, 6.07) is 7.39. The Morgan fingerprint density at radius 1 is 1.44 bits per heavy atom. The first-order valence-corrected chi connectivity index (χ1v) is 5.13. The molecule has 0 aliphatic heterocycles. The topological polar surface area (TPSA) is 38.3 Å². The van der Waals surface area contributed by atoms with E-state index in [1.54, 1.807) is 12.1 Å². The van der Waals surface area contributed by atoms with Gasteiger partial charge in [0.25, 0.3) is 0 Å². The maximum Gasteiger partial charge on any atom is 0.412 e. The molecular weight excluding hydrogens is 202 g/mol. The summed E-state index contributed by atoms with van der Waals surface area (Å²) < 4.78 is 5.14. The Hall–Kier alpha value is -1.77. The lowest BCUT2D eigenvalue weighted by atomic mass is 10.2. The molecule has 0 aliphatic rings. The van der Waals surface area contributed by atoms with Crippen LogP contribution in [-0.2, 0) is 4.74 Å². The monoisotopic (exact) mass is 219 g/mol. The third-order valence-corrected chi connectivity index (χ3v) is 1.77. The van der Waals surface area contributed by atoms with E-state index >= 15 is 0 Å². The Bertz CT molecular complexity index is 391. The van der Waals surface area contributed by atoms with Gasteiger partial charge in [-0.2, -0.15) is 0 Å². The second kappa shape index (κ2) is 4.84. The van der Waals surface area contributed by atoms with Crippen LogP contribution < -0.4 is 5.32 Å². The van der Waals surface area contributed by atoms with E-state index in [1.807, 2.05) is 39.0 Å². The number of hydrogen-bond acceptors (Lipinski definition) is 2. The van der Waals surface area contributed by atoms with Crippen LogP contribution in [0.5, 0.6) is 0 Å². The third kappa shape index (κ3) is 4.17. The van der Waals surface area contributed by atoms with Crippen molar-refractivity contribution in [3.05, 3.63) is 36.4 Å². The molecule has 0 atom stereocenters. The van der Waals surface area contributed by atoms with Gasteiger partial charge >= 0.3 is 6.09 Å². The van der Waals surface area contributed by atoms with Crippen LogP contribution in [0.25, 0.3) is 6.08 Å². The molecule has 3 heteroatoms. The summed E-state index contributed by atoms with van der Waals surface area (Å²) in [6.07, 6.45) is 1.27. The summed E-state index contributed by atoms with van der Waals surface area (Å²) in [5, 5.41) is 2.66. The van der Waals surface area contributed by atoms with E-state index in [9.17, 15) is 4.79 Å². The Kier molecular flexibility index (Phi) is 3.72. The largest absolute Gasteiger partial charge is 0.444 e. The zero-order chi connectivity index (χ0) is 12.2. The molecule has 0 bridgehead atoms. The number of benzene rings is 1. The Morgan fingerprint density at radius 3 is 2.69 bits per heavy atom. The molecule has 0 aromatic heterocycles. The first-order chi connectivity index (χ1) is 7.40. The van der Waals surface area contributed by atoms with Crippen molar-refractivity contribution in [1.29, 1.82) is 0 Å². The summed E-state index contributed by atoms with van der Waals surface area (Å²) >= 11 is 0. The van der Waals surface area contributed by atoms with Crippen LogP contribution in [0.4, 0.5) is 10.5 Å². The number of carbonyl (C=O) groups excluding carboxylic acids is 1. The molecule has 86 valence electrons. The molecular formula is C13H17NO2. The van der Waals surface area contributed by atoms with Crippen LogP contribution in [0, 0.1) is 0 Å². The van der Waals surface area contributed by atoms with Crippen molar-refractivity contribution in [2.75, 3.05) is 5.32 Å². The van der Waals surface area contributed by atoms with Gasteiger partial charge in [-0.05, 0) is 38.5 Å². The van der Waals surface area contributed by atoms with E-state index in [0.29, 0.717) is 5.69 Å². The lowest BCUT2D eigenvalue weighted by Gasteiger charge is -2.19. The van der Waals surface area contributed by atoms with Crippen LogP contribution in [0.1, 0.15) is 26.3 Å². The van der Waals surface area contributed by atoms with Gasteiger partial charge in [0.05, 0.1) is 0 Å². The quantitative estimate of drug-likeness (QED) is 0.824. The number of carbonyl (C=O) groups is 1. The Morgan fingerprint density at radius 2 is 2.12 bits per heavy atom.